The molecule has 23 heavy (non-hydrogen) atoms. The Kier molecular flexibility index (Phi) is 5.93. The molecule has 0 amide bonds. The van der Waals surface area contributed by atoms with Gasteiger partial charge in [0.05, 0.1) is 38.0 Å². The van der Waals surface area contributed by atoms with Gasteiger partial charge < -0.3 is 9.47 Å². The lowest BCUT2D eigenvalue weighted by Crippen LogP contribution is -1.92. The van der Waals surface area contributed by atoms with Crippen LogP contribution in [0.4, 0.5) is 5.69 Å². The molecule has 2 aromatic carbocycles. The molecule has 0 aliphatic carbocycles. The Bertz CT molecular complexity index is 806. The third-order valence-electron chi connectivity index (χ3n) is 3.07. The minimum atomic E-state index is 0.368. The van der Waals surface area contributed by atoms with Gasteiger partial charge in [-0.3, -0.25) is 0 Å². The first-order chi connectivity index (χ1) is 11.2. The van der Waals surface area contributed by atoms with Crippen LogP contribution in [0.15, 0.2) is 50.9 Å². The molecule has 0 saturated carbocycles. The number of hydrogen-bond donors (Lipinski definition) is 0. The van der Waals surface area contributed by atoms with E-state index in [1.807, 2.05) is 12.1 Å². The zero-order chi connectivity index (χ0) is 16.7. The van der Waals surface area contributed by atoms with Crippen LogP contribution in [-0.2, 0) is 6.54 Å². The number of benzene rings is 2. The van der Waals surface area contributed by atoms with Crippen molar-refractivity contribution in [1.82, 2.24) is 0 Å². The van der Waals surface area contributed by atoms with Crippen LogP contribution in [0.25, 0.3) is 0 Å². The van der Waals surface area contributed by atoms with Crippen molar-refractivity contribution in [1.29, 1.82) is 5.26 Å². The van der Waals surface area contributed by atoms with Gasteiger partial charge in [0.15, 0.2) is 0 Å². The quantitative estimate of drug-likeness (QED) is 0.733. The molecule has 116 valence electrons. The molecule has 2 rings (SSSR count). The minimum absolute atomic E-state index is 0.368. The van der Waals surface area contributed by atoms with Crippen molar-refractivity contribution < 1.29 is 9.47 Å². The molecule has 6 heteroatoms. The molecule has 0 heterocycles. The van der Waals surface area contributed by atoms with Crippen LogP contribution in [0.3, 0.4) is 0 Å². The third-order valence-corrected chi connectivity index (χ3v) is 3.56. The number of rotatable bonds is 5. The van der Waals surface area contributed by atoms with E-state index in [0.29, 0.717) is 23.5 Å². The molecular formula is C17H14BrN3O2. The smallest absolute Gasteiger partial charge is 0.127 e. The van der Waals surface area contributed by atoms with Gasteiger partial charge in [-0.1, -0.05) is 15.9 Å². The van der Waals surface area contributed by atoms with Gasteiger partial charge in [-0.25, -0.2) is 4.99 Å². The van der Waals surface area contributed by atoms with Crippen molar-refractivity contribution in [3.05, 3.63) is 52.0 Å². The summed E-state index contributed by atoms with van der Waals surface area (Å²) in [5, 5.41) is 9.05. The lowest BCUT2D eigenvalue weighted by molar-refractivity contribution is 0.391. The molecular weight excluding hydrogens is 358 g/mol. The molecule has 0 bridgehead atoms. The number of ether oxygens (including phenoxy) is 2. The van der Waals surface area contributed by atoms with Crippen molar-refractivity contribution in [3.8, 4) is 17.6 Å². The van der Waals surface area contributed by atoms with E-state index in [9.17, 15) is 0 Å². The Morgan fingerprint density at radius 2 is 1.96 bits per heavy atom. The zero-order valence-electron chi connectivity index (χ0n) is 12.7. The summed E-state index contributed by atoms with van der Waals surface area (Å²) in [7, 11) is 3.20. The summed E-state index contributed by atoms with van der Waals surface area (Å²) < 4.78 is 11.3. The van der Waals surface area contributed by atoms with E-state index in [4.69, 9.17) is 14.7 Å². The van der Waals surface area contributed by atoms with E-state index in [-0.39, 0.29) is 0 Å². The topological polar surface area (TPSA) is 67.0 Å². The summed E-state index contributed by atoms with van der Waals surface area (Å²) in [4.78, 5) is 8.25. The van der Waals surface area contributed by atoms with Gasteiger partial charge in [-0.05, 0) is 30.3 Å². The predicted octanol–water partition coefficient (Wildman–Crippen LogP) is 4.34. The number of hydrogen-bond acceptors (Lipinski definition) is 5. The van der Waals surface area contributed by atoms with E-state index in [1.165, 1.54) is 0 Å². The highest BCUT2D eigenvalue weighted by Crippen LogP contribution is 2.25. The fourth-order valence-corrected chi connectivity index (χ4v) is 2.23. The van der Waals surface area contributed by atoms with Gasteiger partial charge in [0, 0.05) is 16.1 Å². The summed E-state index contributed by atoms with van der Waals surface area (Å²) in [6, 6.07) is 15.4. The number of nitriles is 1. The van der Waals surface area contributed by atoms with E-state index in [1.54, 1.807) is 38.5 Å². The summed E-state index contributed by atoms with van der Waals surface area (Å²) in [6.45, 7) is 0.368. The Balaban J connectivity index is 2.19. The molecule has 0 fully saturated rings. The molecule has 0 atom stereocenters. The van der Waals surface area contributed by atoms with Crippen molar-refractivity contribution in [2.75, 3.05) is 14.2 Å². The summed E-state index contributed by atoms with van der Waals surface area (Å²) in [6.07, 6.45) is 0. The van der Waals surface area contributed by atoms with Crippen LogP contribution in [-0.4, -0.2) is 20.2 Å². The first-order valence-corrected chi connectivity index (χ1v) is 7.50. The van der Waals surface area contributed by atoms with Crippen LogP contribution >= 0.6 is 15.9 Å². The largest absolute Gasteiger partial charge is 0.497 e. The van der Waals surface area contributed by atoms with Gasteiger partial charge in [0.25, 0.3) is 0 Å². The molecule has 0 aliphatic heterocycles. The van der Waals surface area contributed by atoms with Crippen molar-refractivity contribution in [2.24, 2.45) is 9.98 Å². The van der Waals surface area contributed by atoms with Crippen LogP contribution < -0.4 is 9.47 Å². The van der Waals surface area contributed by atoms with Crippen molar-refractivity contribution in [2.45, 2.75) is 6.54 Å². The van der Waals surface area contributed by atoms with Gasteiger partial charge in [0.2, 0.25) is 0 Å². The molecule has 0 aromatic heterocycles. The van der Waals surface area contributed by atoms with Crippen LogP contribution in [0.5, 0.6) is 11.5 Å². The zero-order valence-corrected chi connectivity index (χ0v) is 14.3. The third kappa shape index (κ3) is 4.43. The minimum Gasteiger partial charge on any atom is -0.497 e. The van der Waals surface area contributed by atoms with Gasteiger partial charge in [-0.15, -0.1) is 0 Å². The fraction of sp³-hybridized carbons (Fsp3) is 0.176. The molecule has 5 nitrogen and oxygen atoms in total. The standard InChI is InChI=1S/C17H14BrN3O2/c1-22-15-6-4-13(17(8-15)23-2)10-20-11-21-16-7-14(18)5-3-12(16)9-19/h3-8H,10H2,1-2H3. The number of halogens is 1. The second-order valence-electron chi connectivity index (χ2n) is 4.48. The van der Waals surface area contributed by atoms with E-state index in [2.05, 4.69) is 38.0 Å². The highest BCUT2D eigenvalue weighted by Gasteiger charge is 2.04. The monoisotopic (exact) mass is 371 g/mol. The Labute approximate surface area is 143 Å². The molecule has 0 N–H and O–H groups in total. The molecule has 0 radical (unpaired) electrons. The average molecular weight is 372 g/mol. The van der Waals surface area contributed by atoms with Crippen molar-refractivity contribution in [3.63, 3.8) is 0 Å². The average Bonchev–Trinajstić information content (AvgIpc) is 2.58. The van der Waals surface area contributed by atoms with Gasteiger partial charge in [-0.2, -0.15) is 10.3 Å². The number of methoxy groups -OCH3 is 2. The first-order valence-electron chi connectivity index (χ1n) is 6.70. The normalized spacial score (nSPS) is 9.48. The van der Waals surface area contributed by atoms with Crippen LogP contribution in [0.1, 0.15) is 11.1 Å². The second kappa shape index (κ2) is 8.14. The lowest BCUT2D eigenvalue weighted by atomic mass is 10.2. The number of aliphatic imine (C=N–C) groups is 2. The summed E-state index contributed by atoms with van der Waals surface area (Å²) in [5.74, 6) is 1.41. The highest BCUT2D eigenvalue weighted by atomic mass is 79.9. The maximum absolute atomic E-state index is 9.05. The van der Waals surface area contributed by atoms with Crippen LogP contribution in [0.2, 0.25) is 0 Å². The maximum Gasteiger partial charge on any atom is 0.127 e. The Morgan fingerprint density at radius 1 is 1.13 bits per heavy atom. The van der Waals surface area contributed by atoms with E-state index < -0.39 is 0 Å². The summed E-state index contributed by atoms with van der Waals surface area (Å²) in [5.41, 5.74) is 1.89. The maximum atomic E-state index is 9.05. The van der Waals surface area contributed by atoms with Gasteiger partial charge in [0.1, 0.15) is 17.6 Å². The summed E-state index contributed by atoms with van der Waals surface area (Å²) >= 11 is 3.35. The van der Waals surface area contributed by atoms with Crippen LogP contribution in [0, 0.1) is 11.3 Å². The fourth-order valence-electron chi connectivity index (χ4n) is 1.88. The van der Waals surface area contributed by atoms with Gasteiger partial charge >= 0.3 is 0 Å². The first kappa shape index (κ1) is 16.8. The molecule has 0 spiro atoms. The van der Waals surface area contributed by atoms with E-state index >= 15 is 0 Å². The molecule has 0 saturated heterocycles. The van der Waals surface area contributed by atoms with Crippen molar-refractivity contribution >= 4 is 27.6 Å². The molecule has 0 aliphatic rings. The Hall–Kier alpha value is -2.61. The lowest BCUT2D eigenvalue weighted by Gasteiger charge is -2.07. The number of nitrogens with zero attached hydrogens (tertiary/aromatic N) is 3. The molecule has 0 unspecified atom stereocenters. The SMILES string of the molecule is COc1ccc(CN=C=Nc2cc(Br)ccc2C#N)c(OC)c1. The predicted molar refractivity (Wildman–Crippen MR) is 91.6 cm³/mol. The second-order valence-corrected chi connectivity index (χ2v) is 5.39. The molecule has 2 aromatic rings. The van der Waals surface area contributed by atoms with E-state index in [0.717, 1.165) is 15.8 Å². The Morgan fingerprint density at radius 3 is 2.65 bits per heavy atom. The highest BCUT2D eigenvalue weighted by molar-refractivity contribution is 9.10.